The van der Waals surface area contributed by atoms with E-state index < -0.39 is 0 Å². The number of aromatic nitrogens is 2. The Morgan fingerprint density at radius 3 is 2.65 bits per heavy atom. The average Bonchev–Trinajstić information content (AvgIpc) is 3.40. The Morgan fingerprint density at radius 2 is 1.85 bits per heavy atom. The van der Waals surface area contributed by atoms with Gasteiger partial charge in [-0.15, -0.1) is 0 Å². The maximum absolute atomic E-state index is 10.0. The van der Waals surface area contributed by atoms with Crippen molar-refractivity contribution >= 4 is 22.5 Å². The third-order valence-corrected chi connectivity index (χ3v) is 6.47. The van der Waals surface area contributed by atoms with Crippen molar-refractivity contribution in [3.63, 3.8) is 0 Å². The molecule has 3 aliphatic rings. The third kappa shape index (κ3) is 1.75. The summed E-state index contributed by atoms with van der Waals surface area (Å²) in [5.74, 6) is 2.40. The van der Waals surface area contributed by atoms with E-state index in [0.717, 1.165) is 48.5 Å². The quantitative estimate of drug-likeness (QED) is 0.677. The first-order valence-corrected chi connectivity index (χ1v) is 9.56. The molecule has 3 heterocycles. The summed E-state index contributed by atoms with van der Waals surface area (Å²) in [6, 6.07) is 10.8. The number of morpholine rings is 1. The first kappa shape index (κ1) is 14.6. The topological polar surface area (TPSA) is 53.6 Å². The molecule has 2 aliphatic carbocycles. The van der Waals surface area contributed by atoms with Gasteiger partial charge in [0.25, 0.3) is 0 Å². The van der Waals surface area contributed by atoms with E-state index in [-0.39, 0.29) is 0 Å². The number of rotatable bonds is 1. The molecule has 0 spiro atoms. The summed E-state index contributed by atoms with van der Waals surface area (Å²) in [4.78, 5) is 7.35. The average molecular weight is 344 g/mol. The second-order valence-electron chi connectivity index (χ2n) is 7.70. The van der Waals surface area contributed by atoms with Gasteiger partial charge in [-0.05, 0) is 48.8 Å². The monoisotopic (exact) mass is 344 g/mol. The van der Waals surface area contributed by atoms with Crippen LogP contribution < -0.4 is 4.90 Å². The number of benzene rings is 1. The van der Waals surface area contributed by atoms with Gasteiger partial charge in [0.2, 0.25) is 0 Å². The zero-order valence-corrected chi connectivity index (χ0v) is 14.6. The normalized spacial score (nSPS) is 24.3. The van der Waals surface area contributed by atoms with Crippen LogP contribution in [0.3, 0.4) is 0 Å². The molecule has 2 aromatic heterocycles. The van der Waals surface area contributed by atoms with Crippen LogP contribution in [0.15, 0.2) is 24.3 Å². The first-order valence-electron chi connectivity index (χ1n) is 9.56. The van der Waals surface area contributed by atoms with Crippen LogP contribution in [-0.2, 0) is 4.74 Å². The largest absolute Gasteiger partial charge is 0.378 e. The summed E-state index contributed by atoms with van der Waals surface area (Å²) in [5, 5.41) is 10.0. The molecule has 5 nitrogen and oxygen atoms in total. The number of nitrogens with zero attached hydrogens (tertiary/aromatic N) is 4. The first-order chi connectivity index (χ1) is 12.9. The van der Waals surface area contributed by atoms with Gasteiger partial charge in [0, 0.05) is 18.7 Å². The molecular weight excluding hydrogens is 324 g/mol. The fraction of sp³-hybridized carbons (Fsp3) is 0.429. The van der Waals surface area contributed by atoms with Crippen molar-refractivity contribution in [1.29, 1.82) is 5.26 Å². The molecule has 0 radical (unpaired) electrons. The number of hydrogen-bond acceptors (Lipinski definition) is 4. The van der Waals surface area contributed by atoms with Crippen molar-refractivity contribution in [2.45, 2.75) is 31.1 Å². The molecule has 26 heavy (non-hydrogen) atoms. The standard InChI is InChI=1S/C21H20N4O/c22-12-15-18-13-5-6-14(11-13)19(18)21(24-7-9-26-10-8-24)25-17-4-2-1-3-16(17)23-20(15)25/h1-4,13-14H,5-11H2. The number of imidazole rings is 1. The number of para-hydroxylation sites is 2. The Kier molecular flexibility index (Phi) is 2.92. The molecule has 5 heteroatoms. The van der Waals surface area contributed by atoms with Gasteiger partial charge in [0.1, 0.15) is 11.9 Å². The van der Waals surface area contributed by atoms with Crippen LogP contribution >= 0.6 is 0 Å². The molecule has 1 saturated carbocycles. The lowest BCUT2D eigenvalue weighted by atomic mass is 9.88. The van der Waals surface area contributed by atoms with Gasteiger partial charge in [-0.3, -0.25) is 4.40 Å². The maximum atomic E-state index is 10.0. The van der Waals surface area contributed by atoms with E-state index in [1.54, 1.807) is 0 Å². The Bertz CT molecular complexity index is 1090. The van der Waals surface area contributed by atoms with E-state index in [1.807, 2.05) is 12.1 Å². The van der Waals surface area contributed by atoms with E-state index in [9.17, 15) is 5.26 Å². The van der Waals surface area contributed by atoms with Gasteiger partial charge in [-0.2, -0.15) is 5.26 Å². The highest BCUT2D eigenvalue weighted by Gasteiger charge is 2.43. The molecule has 0 N–H and O–H groups in total. The van der Waals surface area contributed by atoms with Gasteiger partial charge >= 0.3 is 0 Å². The van der Waals surface area contributed by atoms with E-state index in [1.165, 1.54) is 36.2 Å². The molecule has 0 amide bonds. The number of fused-ring (bicyclic) bond motifs is 8. The lowest BCUT2D eigenvalue weighted by molar-refractivity contribution is 0.122. The molecule has 2 bridgehead atoms. The highest BCUT2D eigenvalue weighted by Crippen LogP contribution is 2.57. The maximum Gasteiger partial charge on any atom is 0.157 e. The third-order valence-electron chi connectivity index (χ3n) is 6.47. The fourth-order valence-corrected chi connectivity index (χ4v) is 5.43. The summed E-state index contributed by atoms with van der Waals surface area (Å²) in [6.45, 7) is 3.32. The molecule has 3 aromatic rings. The Labute approximate surface area is 151 Å². The smallest absolute Gasteiger partial charge is 0.157 e. The predicted molar refractivity (Wildman–Crippen MR) is 99.8 cm³/mol. The zero-order valence-electron chi connectivity index (χ0n) is 14.6. The molecule has 1 aromatic carbocycles. The minimum absolute atomic E-state index is 0.536. The van der Waals surface area contributed by atoms with Crippen LogP contribution in [-0.4, -0.2) is 35.7 Å². The van der Waals surface area contributed by atoms with Crippen LogP contribution in [0.25, 0.3) is 16.7 Å². The van der Waals surface area contributed by atoms with Crippen molar-refractivity contribution < 1.29 is 4.74 Å². The second kappa shape index (κ2) is 5.21. The van der Waals surface area contributed by atoms with Crippen LogP contribution in [0.5, 0.6) is 0 Å². The van der Waals surface area contributed by atoms with Gasteiger partial charge in [0.05, 0.1) is 29.8 Å². The van der Waals surface area contributed by atoms with Crippen LogP contribution in [0.2, 0.25) is 0 Å². The van der Waals surface area contributed by atoms with Gasteiger partial charge in [-0.25, -0.2) is 4.98 Å². The van der Waals surface area contributed by atoms with Crippen molar-refractivity contribution in [3.05, 3.63) is 41.0 Å². The number of pyridine rings is 1. The lowest BCUT2D eigenvalue weighted by Gasteiger charge is -2.33. The summed E-state index contributed by atoms with van der Waals surface area (Å²) in [7, 11) is 0. The summed E-state index contributed by atoms with van der Waals surface area (Å²) < 4.78 is 7.87. The van der Waals surface area contributed by atoms with Crippen LogP contribution in [0.4, 0.5) is 5.82 Å². The molecule has 1 aliphatic heterocycles. The highest BCUT2D eigenvalue weighted by molar-refractivity contribution is 5.87. The molecular formula is C21H20N4O. The van der Waals surface area contributed by atoms with E-state index in [4.69, 9.17) is 9.72 Å². The zero-order chi connectivity index (χ0) is 17.3. The Balaban J connectivity index is 1.79. The van der Waals surface area contributed by atoms with E-state index in [0.29, 0.717) is 11.8 Å². The number of nitriles is 1. The summed E-state index contributed by atoms with van der Waals surface area (Å²) in [6.07, 6.45) is 3.66. The number of anilines is 1. The van der Waals surface area contributed by atoms with Crippen LogP contribution in [0, 0.1) is 11.3 Å². The summed E-state index contributed by atoms with van der Waals surface area (Å²) in [5.41, 5.74) is 6.44. The van der Waals surface area contributed by atoms with Crippen molar-refractivity contribution in [1.82, 2.24) is 9.38 Å². The van der Waals surface area contributed by atoms with Crippen LogP contribution in [0.1, 0.15) is 47.8 Å². The minimum Gasteiger partial charge on any atom is -0.378 e. The van der Waals surface area contributed by atoms with Gasteiger partial charge < -0.3 is 9.64 Å². The Hall–Kier alpha value is -2.58. The lowest BCUT2D eigenvalue weighted by Crippen LogP contribution is -2.38. The minimum atomic E-state index is 0.536. The number of ether oxygens (including phenoxy) is 1. The summed E-state index contributed by atoms with van der Waals surface area (Å²) >= 11 is 0. The van der Waals surface area contributed by atoms with E-state index in [2.05, 4.69) is 27.5 Å². The van der Waals surface area contributed by atoms with Crippen molar-refractivity contribution in [3.8, 4) is 6.07 Å². The Morgan fingerprint density at radius 1 is 1.08 bits per heavy atom. The second-order valence-corrected chi connectivity index (χ2v) is 7.70. The molecule has 2 atom stereocenters. The van der Waals surface area contributed by atoms with Gasteiger partial charge in [-0.1, -0.05) is 12.1 Å². The fourth-order valence-electron chi connectivity index (χ4n) is 5.43. The molecule has 2 unspecified atom stereocenters. The van der Waals surface area contributed by atoms with Crippen molar-refractivity contribution in [2.24, 2.45) is 0 Å². The predicted octanol–water partition coefficient (Wildman–Crippen LogP) is 3.56. The molecule has 2 fully saturated rings. The molecule has 6 rings (SSSR count). The van der Waals surface area contributed by atoms with Crippen molar-refractivity contribution in [2.75, 3.05) is 31.2 Å². The number of hydrogen-bond donors (Lipinski definition) is 0. The van der Waals surface area contributed by atoms with Gasteiger partial charge in [0.15, 0.2) is 5.65 Å². The van der Waals surface area contributed by atoms with E-state index >= 15 is 0 Å². The molecule has 1 saturated heterocycles. The highest BCUT2D eigenvalue weighted by atomic mass is 16.5. The molecule has 130 valence electrons. The SMILES string of the molecule is N#Cc1c2c(c(N3CCOCC3)n3c1nc1ccccc13)C1CCC2C1.